The molecular weight excluding hydrogens is 279 g/mol. The van der Waals surface area contributed by atoms with E-state index in [9.17, 15) is 13.2 Å². The third-order valence-corrected chi connectivity index (χ3v) is 3.48. The van der Waals surface area contributed by atoms with Crippen molar-refractivity contribution < 1.29 is 18.3 Å². The Balaban J connectivity index is 2.70. The largest absolute Gasteiger partial charge is 0.396 e. The fourth-order valence-electron chi connectivity index (χ4n) is 2.27. The second-order valence-electron chi connectivity index (χ2n) is 6.15. The van der Waals surface area contributed by atoms with E-state index in [1.54, 1.807) is 30.3 Å². The van der Waals surface area contributed by atoms with Crippen LogP contribution in [0.1, 0.15) is 44.7 Å². The lowest BCUT2D eigenvalue weighted by molar-refractivity contribution is -0.140. The van der Waals surface area contributed by atoms with E-state index in [0.717, 1.165) is 6.42 Å². The van der Waals surface area contributed by atoms with Crippen LogP contribution in [0.5, 0.6) is 0 Å². The zero-order valence-electron chi connectivity index (χ0n) is 12.6. The van der Waals surface area contributed by atoms with Gasteiger partial charge in [-0.2, -0.15) is 13.2 Å². The first-order valence-electron chi connectivity index (χ1n) is 7.19. The molecule has 0 bridgehead atoms. The second kappa shape index (κ2) is 7.80. The minimum Gasteiger partial charge on any atom is -0.396 e. The van der Waals surface area contributed by atoms with E-state index in [1.165, 1.54) is 0 Å². The van der Waals surface area contributed by atoms with Gasteiger partial charge in [0.2, 0.25) is 0 Å². The van der Waals surface area contributed by atoms with Crippen LogP contribution in [0.15, 0.2) is 30.3 Å². The Bertz CT molecular complexity index is 404. The Hall–Kier alpha value is -1.07. The molecule has 2 nitrogen and oxygen atoms in total. The van der Waals surface area contributed by atoms with Crippen LogP contribution in [0.3, 0.4) is 0 Å². The van der Waals surface area contributed by atoms with E-state index in [4.69, 9.17) is 5.11 Å². The molecule has 0 radical (unpaired) electrons. The van der Waals surface area contributed by atoms with Crippen LogP contribution in [0.25, 0.3) is 0 Å². The lowest BCUT2D eigenvalue weighted by Gasteiger charge is -2.29. The van der Waals surface area contributed by atoms with Crippen molar-refractivity contribution in [3.05, 3.63) is 35.9 Å². The predicted octanol–water partition coefficient (Wildman–Crippen LogP) is 4.07. The monoisotopic (exact) mass is 303 g/mol. The van der Waals surface area contributed by atoms with Gasteiger partial charge in [0.05, 0.1) is 6.42 Å². The highest BCUT2D eigenvalue weighted by Crippen LogP contribution is 2.31. The zero-order valence-corrected chi connectivity index (χ0v) is 12.6. The van der Waals surface area contributed by atoms with Crippen molar-refractivity contribution in [1.29, 1.82) is 0 Å². The van der Waals surface area contributed by atoms with Crippen molar-refractivity contribution in [2.24, 2.45) is 5.41 Å². The van der Waals surface area contributed by atoms with E-state index in [0.29, 0.717) is 18.5 Å². The third kappa shape index (κ3) is 7.48. The Kier molecular flexibility index (Phi) is 6.68. The number of rotatable bonds is 8. The quantitative estimate of drug-likeness (QED) is 0.759. The SMILES string of the molecule is CC(C)(CCCO)CNC(CC(F)(F)F)c1ccccc1. The third-order valence-electron chi connectivity index (χ3n) is 3.48. The lowest BCUT2D eigenvalue weighted by atomic mass is 9.87. The summed E-state index contributed by atoms with van der Waals surface area (Å²) in [4.78, 5) is 0. The summed E-state index contributed by atoms with van der Waals surface area (Å²) in [7, 11) is 0. The number of alkyl halides is 3. The Morgan fingerprint density at radius 2 is 1.76 bits per heavy atom. The van der Waals surface area contributed by atoms with Crippen LogP contribution in [0.4, 0.5) is 13.2 Å². The molecule has 5 heteroatoms. The maximum absolute atomic E-state index is 12.7. The van der Waals surface area contributed by atoms with E-state index in [2.05, 4.69) is 5.32 Å². The fraction of sp³-hybridized carbons (Fsp3) is 0.625. The molecule has 0 saturated heterocycles. The van der Waals surface area contributed by atoms with E-state index in [-0.39, 0.29) is 12.0 Å². The average Bonchev–Trinajstić information content (AvgIpc) is 2.41. The molecular formula is C16H24F3NO. The highest BCUT2D eigenvalue weighted by molar-refractivity contribution is 5.19. The summed E-state index contributed by atoms with van der Waals surface area (Å²) in [6.07, 6.45) is -3.66. The normalized spacial score (nSPS) is 14.2. The van der Waals surface area contributed by atoms with E-state index < -0.39 is 18.6 Å². The molecule has 2 N–H and O–H groups in total. The smallest absolute Gasteiger partial charge is 0.390 e. The molecule has 1 unspecified atom stereocenters. The molecule has 0 aliphatic heterocycles. The number of aliphatic hydroxyl groups excluding tert-OH is 1. The van der Waals surface area contributed by atoms with Gasteiger partial charge in [0.25, 0.3) is 0 Å². The maximum atomic E-state index is 12.7. The Morgan fingerprint density at radius 1 is 1.14 bits per heavy atom. The van der Waals surface area contributed by atoms with Crippen LogP contribution < -0.4 is 5.32 Å². The van der Waals surface area contributed by atoms with Gasteiger partial charge in [0.1, 0.15) is 0 Å². The van der Waals surface area contributed by atoms with Crippen molar-refractivity contribution in [1.82, 2.24) is 5.32 Å². The van der Waals surface area contributed by atoms with E-state index >= 15 is 0 Å². The molecule has 120 valence electrons. The zero-order chi connectivity index (χ0) is 15.9. The van der Waals surface area contributed by atoms with Crippen molar-refractivity contribution in [3.8, 4) is 0 Å². The van der Waals surface area contributed by atoms with Gasteiger partial charge < -0.3 is 10.4 Å². The van der Waals surface area contributed by atoms with Crippen LogP contribution in [0, 0.1) is 5.41 Å². The molecule has 0 fully saturated rings. The Labute approximate surface area is 124 Å². The topological polar surface area (TPSA) is 32.3 Å². The molecule has 0 saturated carbocycles. The molecule has 1 aromatic rings. The Morgan fingerprint density at radius 3 is 2.29 bits per heavy atom. The molecule has 0 spiro atoms. The van der Waals surface area contributed by atoms with Crippen molar-refractivity contribution >= 4 is 0 Å². The summed E-state index contributed by atoms with van der Waals surface area (Å²) in [5, 5.41) is 11.9. The van der Waals surface area contributed by atoms with Gasteiger partial charge in [-0.05, 0) is 23.8 Å². The lowest BCUT2D eigenvalue weighted by Crippen LogP contribution is -2.34. The molecule has 21 heavy (non-hydrogen) atoms. The van der Waals surface area contributed by atoms with Gasteiger partial charge in [0.15, 0.2) is 0 Å². The standard InChI is InChI=1S/C16H24F3NO/c1-15(2,9-6-10-21)12-20-14(11-16(17,18)19)13-7-4-3-5-8-13/h3-5,7-8,14,20-21H,6,9-12H2,1-2H3. The number of halogens is 3. The summed E-state index contributed by atoms with van der Waals surface area (Å²) in [6.45, 7) is 4.56. The molecule has 0 aromatic heterocycles. The second-order valence-corrected chi connectivity index (χ2v) is 6.15. The van der Waals surface area contributed by atoms with Gasteiger partial charge in [-0.3, -0.25) is 0 Å². The van der Waals surface area contributed by atoms with Gasteiger partial charge >= 0.3 is 6.18 Å². The number of hydrogen-bond acceptors (Lipinski definition) is 2. The first kappa shape index (κ1) is 18.0. The number of hydrogen-bond donors (Lipinski definition) is 2. The van der Waals surface area contributed by atoms with Crippen LogP contribution >= 0.6 is 0 Å². The molecule has 1 aromatic carbocycles. The molecule has 0 heterocycles. The van der Waals surface area contributed by atoms with Crippen LogP contribution in [-0.2, 0) is 0 Å². The van der Waals surface area contributed by atoms with Gasteiger partial charge in [0, 0.05) is 19.2 Å². The summed E-state index contributed by atoms with van der Waals surface area (Å²) in [5.74, 6) is 0. The van der Waals surface area contributed by atoms with Gasteiger partial charge in [-0.25, -0.2) is 0 Å². The molecule has 0 amide bonds. The van der Waals surface area contributed by atoms with Crippen molar-refractivity contribution in [3.63, 3.8) is 0 Å². The summed E-state index contributed by atoms with van der Waals surface area (Å²) in [6, 6.07) is 7.97. The highest BCUT2D eigenvalue weighted by atomic mass is 19.4. The minimum atomic E-state index is -4.21. The number of nitrogens with one attached hydrogen (secondary N) is 1. The van der Waals surface area contributed by atoms with Crippen molar-refractivity contribution in [2.45, 2.75) is 45.3 Å². The first-order valence-corrected chi connectivity index (χ1v) is 7.19. The summed E-state index contributed by atoms with van der Waals surface area (Å²) in [5.41, 5.74) is 0.495. The minimum absolute atomic E-state index is 0.105. The summed E-state index contributed by atoms with van der Waals surface area (Å²) >= 11 is 0. The number of benzene rings is 1. The predicted molar refractivity (Wildman–Crippen MR) is 78.0 cm³/mol. The summed E-state index contributed by atoms with van der Waals surface area (Å²) < 4.78 is 38.2. The van der Waals surface area contributed by atoms with Gasteiger partial charge in [-0.1, -0.05) is 44.2 Å². The van der Waals surface area contributed by atoms with Crippen LogP contribution in [-0.4, -0.2) is 24.4 Å². The first-order chi connectivity index (χ1) is 9.73. The van der Waals surface area contributed by atoms with Gasteiger partial charge in [-0.15, -0.1) is 0 Å². The molecule has 1 rings (SSSR count). The van der Waals surface area contributed by atoms with E-state index in [1.807, 2.05) is 13.8 Å². The highest BCUT2D eigenvalue weighted by Gasteiger charge is 2.33. The molecule has 0 aliphatic carbocycles. The average molecular weight is 303 g/mol. The van der Waals surface area contributed by atoms with Crippen LogP contribution in [0.2, 0.25) is 0 Å². The molecule has 1 atom stereocenters. The number of aliphatic hydroxyl groups is 1. The maximum Gasteiger partial charge on any atom is 0.390 e. The van der Waals surface area contributed by atoms with Crippen molar-refractivity contribution in [2.75, 3.05) is 13.2 Å². The molecule has 0 aliphatic rings. The fourth-order valence-corrected chi connectivity index (χ4v) is 2.27.